The molecule has 3 aromatic carbocycles. The van der Waals surface area contributed by atoms with Gasteiger partial charge < -0.3 is 15.0 Å². The van der Waals surface area contributed by atoms with Crippen molar-refractivity contribution in [2.24, 2.45) is 0 Å². The first-order chi connectivity index (χ1) is 20.5. The molecule has 214 valence electrons. The van der Waals surface area contributed by atoms with Gasteiger partial charge in [0.05, 0.1) is 24.5 Å². The molecule has 10 heteroatoms. The maximum absolute atomic E-state index is 14.3. The molecule has 4 heterocycles. The van der Waals surface area contributed by atoms with E-state index < -0.39 is 18.1 Å². The summed E-state index contributed by atoms with van der Waals surface area (Å²) in [6, 6.07) is 20.4. The highest BCUT2D eigenvalue weighted by atomic mass is 35.5. The normalized spacial score (nSPS) is 20.6. The minimum absolute atomic E-state index is 0.282. The van der Waals surface area contributed by atoms with Crippen molar-refractivity contribution in [1.82, 2.24) is 20.1 Å². The topological polar surface area (TPSA) is 98.0 Å². The molecule has 7 rings (SSSR count). The molecule has 1 aromatic heterocycles. The lowest BCUT2D eigenvalue weighted by molar-refractivity contribution is -0.120. The second-order valence-corrected chi connectivity index (χ2v) is 11.3. The molecule has 0 spiro atoms. The Morgan fingerprint density at radius 2 is 1.79 bits per heavy atom. The van der Waals surface area contributed by atoms with Gasteiger partial charge >= 0.3 is 6.03 Å². The van der Waals surface area contributed by atoms with E-state index in [9.17, 15) is 14.4 Å². The van der Waals surface area contributed by atoms with Crippen LogP contribution >= 0.6 is 11.6 Å². The van der Waals surface area contributed by atoms with E-state index in [-0.39, 0.29) is 23.1 Å². The van der Waals surface area contributed by atoms with Crippen LogP contribution in [0.5, 0.6) is 0 Å². The number of urea groups is 1. The van der Waals surface area contributed by atoms with E-state index in [0.29, 0.717) is 37.7 Å². The first-order valence-electron chi connectivity index (χ1n) is 14.2. The summed E-state index contributed by atoms with van der Waals surface area (Å²) in [4.78, 5) is 50.3. The summed E-state index contributed by atoms with van der Waals surface area (Å²) in [6.45, 7) is 4.16. The Labute approximate surface area is 248 Å². The van der Waals surface area contributed by atoms with Gasteiger partial charge in [-0.15, -0.1) is 0 Å². The molecule has 4 aromatic rings. The van der Waals surface area contributed by atoms with Gasteiger partial charge in [0.25, 0.3) is 11.8 Å². The Kier molecular flexibility index (Phi) is 6.93. The van der Waals surface area contributed by atoms with Crippen LogP contribution in [0.3, 0.4) is 0 Å². The highest BCUT2D eigenvalue weighted by Crippen LogP contribution is 2.45. The second kappa shape index (κ2) is 10.9. The molecule has 2 N–H and O–H groups in total. The highest BCUT2D eigenvalue weighted by molar-refractivity contribution is 6.30. The molecule has 0 radical (unpaired) electrons. The zero-order chi connectivity index (χ0) is 28.8. The number of carbonyl (C=O) groups excluding carboxylic acids is 3. The Bertz CT molecular complexity index is 1700. The van der Waals surface area contributed by atoms with Crippen LogP contribution in [0.2, 0.25) is 5.02 Å². The van der Waals surface area contributed by atoms with E-state index in [0.717, 1.165) is 40.8 Å². The average Bonchev–Trinajstić information content (AvgIpc) is 3.50. The van der Waals surface area contributed by atoms with Crippen molar-refractivity contribution >= 4 is 46.0 Å². The minimum atomic E-state index is -0.731. The zero-order valence-corrected chi connectivity index (χ0v) is 23.6. The maximum atomic E-state index is 14.3. The van der Waals surface area contributed by atoms with Crippen LogP contribution in [-0.2, 0) is 16.0 Å². The lowest BCUT2D eigenvalue weighted by Gasteiger charge is -2.36. The van der Waals surface area contributed by atoms with Crippen LogP contribution in [0.4, 0.5) is 10.5 Å². The number of nitrogens with one attached hydrogen (secondary N) is 2. The molecule has 2 saturated heterocycles. The van der Waals surface area contributed by atoms with E-state index in [1.807, 2.05) is 42.5 Å². The van der Waals surface area contributed by atoms with Crippen molar-refractivity contribution in [2.75, 3.05) is 44.3 Å². The molecule has 3 aliphatic heterocycles. The number of aromatic nitrogens is 1. The molecule has 2 unspecified atom stereocenters. The summed E-state index contributed by atoms with van der Waals surface area (Å²) in [7, 11) is 0. The van der Waals surface area contributed by atoms with Crippen molar-refractivity contribution < 1.29 is 19.1 Å². The molecule has 4 amide bonds. The number of aromatic amines is 1. The smallest absolute Gasteiger partial charge is 0.332 e. The molecule has 42 heavy (non-hydrogen) atoms. The van der Waals surface area contributed by atoms with Gasteiger partial charge in [0, 0.05) is 54.2 Å². The number of nitrogens with zero attached hydrogens (tertiary/aromatic N) is 3. The summed E-state index contributed by atoms with van der Waals surface area (Å²) >= 11 is 6.40. The summed E-state index contributed by atoms with van der Waals surface area (Å²) in [6.07, 6.45) is 0.366. The van der Waals surface area contributed by atoms with Crippen molar-refractivity contribution in [2.45, 2.75) is 18.5 Å². The lowest BCUT2D eigenvalue weighted by atomic mass is 9.89. The van der Waals surface area contributed by atoms with Crippen molar-refractivity contribution in [1.29, 1.82) is 0 Å². The van der Waals surface area contributed by atoms with Gasteiger partial charge in [0.15, 0.2) is 0 Å². The summed E-state index contributed by atoms with van der Waals surface area (Å²) < 4.78 is 5.40. The largest absolute Gasteiger partial charge is 0.379 e. The number of para-hydroxylation sites is 2. The maximum Gasteiger partial charge on any atom is 0.332 e. The number of hydrogen-bond donors (Lipinski definition) is 2. The summed E-state index contributed by atoms with van der Waals surface area (Å²) in [5, 5.41) is 4.54. The molecule has 0 saturated carbocycles. The Morgan fingerprint density at radius 3 is 2.62 bits per heavy atom. The van der Waals surface area contributed by atoms with Crippen molar-refractivity contribution in [3.05, 3.63) is 100 Å². The van der Waals surface area contributed by atoms with Crippen LogP contribution in [0.1, 0.15) is 33.2 Å². The molecule has 3 aliphatic rings. The number of amides is 4. The number of imide groups is 1. The van der Waals surface area contributed by atoms with E-state index >= 15 is 0 Å². The number of benzene rings is 3. The minimum Gasteiger partial charge on any atom is -0.379 e. The monoisotopic (exact) mass is 583 g/mol. The van der Waals surface area contributed by atoms with Crippen LogP contribution < -0.4 is 10.2 Å². The third kappa shape index (κ3) is 4.54. The van der Waals surface area contributed by atoms with Gasteiger partial charge in [-0.05, 0) is 41.5 Å². The van der Waals surface area contributed by atoms with Gasteiger partial charge in [0.1, 0.15) is 12.1 Å². The van der Waals surface area contributed by atoms with Gasteiger partial charge in [0.2, 0.25) is 0 Å². The van der Waals surface area contributed by atoms with E-state index in [4.69, 9.17) is 16.3 Å². The highest BCUT2D eigenvalue weighted by Gasteiger charge is 2.53. The van der Waals surface area contributed by atoms with Crippen LogP contribution in [0.15, 0.2) is 72.8 Å². The summed E-state index contributed by atoms with van der Waals surface area (Å²) in [5.41, 5.74) is 4.19. The number of halogens is 1. The molecule has 9 nitrogen and oxygen atoms in total. The predicted octanol–water partition coefficient (Wildman–Crippen LogP) is 4.37. The molecule has 2 fully saturated rings. The van der Waals surface area contributed by atoms with Crippen molar-refractivity contribution in [3.63, 3.8) is 0 Å². The van der Waals surface area contributed by atoms with Crippen LogP contribution in [0.25, 0.3) is 10.9 Å². The standard InChI is InChI=1S/C32H30ClN5O4/c33-21-7-5-6-20(18-21)29-28-24(22-8-1-3-10-25(22)35-28)19-27-31(40)38(32(41)37(27)29)26-11-4-2-9-23(26)30(39)34-12-13-36-14-16-42-17-15-36/h1-11,18,27,29,35H,12-17,19H2,(H,34,39). The number of rotatable bonds is 6. The fraction of sp³-hybridized carbons (Fsp3) is 0.281. The fourth-order valence-corrected chi connectivity index (χ4v) is 6.63. The number of anilines is 1. The molecule has 0 bridgehead atoms. The average molecular weight is 584 g/mol. The van der Waals surface area contributed by atoms with E-state index in [1.54, 1.807) is 35.2 Å². The first-order valence-corrected chi connectivity index (χ1v) is 14.6. The number of carbonyl (C=O) groups is 3. The molecular formula is C32H30ClN5O4. The van der Waals surface area contributed by atoms with Gasteiger partial charge in [-0.25, -0.2) is 9.69 Å². The van der Waals surface area contributed by atoms with Gasteiger partial charge in [-0.2, -0.15) is 0 Å². The van der Waals surface area contributed by atoms with Crippen LogP contribution in [0, 0.1) is 0 Å². The third-order valence-corrected chi connectivity index (χ3v) is 8.66. The number of H-pyrrole nitrogens is 1. The van der Waals surface area contributed by atoms with E-state index in [2.05, 4.69) is 15.2 Å². The SMILES string of the molecule is O=C(NCCN1CCOCC1)c1ccccc1N1C(=O)C2Cc3c([nH]c4ccccc34)C(c3cccc(Cl)c3)N2C1=O. The van der Waals surface area contributed by atoms with Crippen molar-refractivity contribution in [3.8, 4) is 0 Å². The fourth-order valence-electron chi connectivity index (χ4n) is 6.43. The summed E-state index contributed by atoms with van der Waals surface area (Å²) in [5.74, 6) is -0.677. The quantitative estimate of drug-likeness (QED) is 0.329. The third-order valence-electron chi connectivity index (χ3n) is 8.42. The molecule has 0 aliphatic carbocycles. The van der Waals surface area contributed by atoms with Crippen LogP contribution in [-0.4, -0.2) is 78.1 Å². The lowest BCUT2D eigenvalue weighted by Crippen LogP contribution is -2.44. The zero-order valence-electron chi connectivity index (χ0n) is 22.9. The van der Waals surface area contributed by atoms with E-state index in [1.165, 1.54) is 4.90 Å². The Morgan fingerprint density at radius 1 is 1.00 bits per heavy atom. The number of morpholine rings is 1. The number of fused-ring (bicyclic) bond motifs is 4. The molecular weight excluding hydrogens is 554 g/mol. The predicted molar refractivity (Wildman–Crippen MR) is 160 cm³/mol. The van der Waals surface area contributed by atoms with Gasteiger partial charge in [-0.3, -0.25) is 19.4 Å². The second-order valence-electron chi connectivity index (χ2n) is 10.8. The number of ether oxygens (including phenoxy) is 1. The number of hydrogen-bond acceptors (Lipinski definition) is 5. The molecule has 2 atom stereocenters. The van der Waals surface area contributed by atoms with Gasteiger partial charge in [-0.1, -0.05) is 54.1 Å². The Hall–Kier alpha value is -4.18. The Balaban J connectivity index is 1.23. The first kappa shape index (κ1) is 26.7.